The maximum absolute atomic E-state index is 14.7. The summed E-state index contributed by atoms with van der Waals surface area (Å²) in [6.45, 7) is 3.80. The smallest absolute Gasteiger partial charge is 0.260 e. The molecule has 39 heavy (non-hydrogen) atoms. The van der Waals surface area contributed by atoms with Crippen molar-refractivity contribution in [1.29, 1.82) is 0 Å². The second-order valence-corrected chi connectivity index (χ2v) is 12.2. The molecule has 0 spiro atoms. The van der Waals surface area contributed by atoms with Crippen LogP contribution >= 0.6 is 11.9 Å². The minimum atomic E-state index is -0.382. The van der Waals surface area contributed by atoms with Crippen molar-refractivity contribution in [3.8, 4) is 11.1 Å². The van der Waals surface area contributed by atoms with E-state index in [0.29, 0.717) is 27.8 Å². The zero-order valence-electron chi connectivity index (χ0n) is 23.8. The molecule has 0 bridgehead atoms. The van der Waals surface area contributed by atoms with E-state index in [-0.39, 0.29) is 23.4 Å². The first-order valence-corrected chi connectivity index (χ1v) is 15.2. The van der Waals surface area contributed by atoms with Gasteiger partial charge in [0.15, 0.2) is 0 Å². The van der Waals surface area contributed by atoms with Gasteiger partial charge in [0.25, 0.3) is 5.56 Å². The Balaban J connectivity index is 0.000000333. The number of halogens is 1. The summed E-state index contributed by atoms with van der Waals surface area (Å²) in [6, 6.07) is 7.31. The third-order valence-corrected chi connectivity index (χ3v) is 8.73. The highest BCUT2D eigenvalue weighted by molar-refractivity contribution is 8.00. The van der Waals surface area contributed by atoms with Crippen LogP contribution in [0.5, 0.6) is 0 Å². The number of anilines is 2. The van der Waals surface area contributed by atoms with Crippen LogP contribution in [0.15, 0.2) is 35.3 Å². The molecule has 7 nitrogen and oxygen atoms in total. The molecule has 0 amide bonds. The maximum atomic E-state index is 14.7. The Hall–Kier alpha value is -2.65. The normalized spacial score (nSPS) is 16.3. The van der Waals surface area contributed by atoms with Crippen molar-refractivity contribution >= 4 is 34.6 Å². The molecule has 1 aromatic carbocycles. The summed E-state index contributed by atoms with van der Waals surface area (Å²) in [5.74, 6) is 1.52. The number of nitrogens with one attached hydrogen (secondary N) is 1. The molecular formula is C30H43FN6OS. The molecule has 2 aliphatic rings. The van der Waals surface area contributed by atoms with Crippen molar-refractivity contribution in [3.63, 3.8) is 0 Å². The second kappa shape index (κ2) is 13.6. The molecule has 2 saturated carbocycles. The van der Waals surface area contributed by atoms with Crippen LogP contribution in [0.2, 0.25) is 0 Å². The molecule has 0 unspecified atom stereocenters. The van der Waals surface area contributed by atoms with Crippen molar-refractivity contribution in [1.82, 2.24) is 19.4 Å². The lowest BCUT2D eigenvalue weighted by Gasteiger charge is -2.27. The van der Waals surface area contributed by atoms with Crippen LogP contribution in [0, 0.1) is 11.7 Å². The van der Waals surface area contributed by atoms with E-state index in [2.05, 4.69) is 33.7 Å². The Labute approximate surface area is 235 Å². The van der Waals surface area contributed by atoms with Crippen LogP contribution in [0.1, 0.15) is 77.7 Å². The Morgan fingerprint density at radius 3 is 2.46 bits per heavy atom. The molecular weight excluding hydrogens is 511 g/mol. The van der Waals surface area contributed by atoms with Crippen LogP contribution < -0.4 is 16.0 Å². The van der Waals surface area contributed by atoms with Gasteiger partial charge in [0, 0.05) is 35.0 Å². The number of hydrogen-bond donors (Lipinski definition) is 2. The molecule has 3 aromatic rings. The number of pyridine rings is 1. The third kappa shape index (κ3) is 7.51. The lowest BCUT2D eigenvalue weighted by molar-refractivity contribution is 0.229. The molecule has 212 valence electrons. The Kier molecular flexibility index (Phi) is 10.2. The van der Waals surface area contributed by atoms with Gasteiger partial charge in [-0.25, -0.2) is 9.37 Å². The first-order valence-electron chi connectivity index (χ1n) is 14.3. The van der Waals surface area contributed by atoms with Gasteiger partial charge in [0.2, 0.25) is 5.95 Å². The zero-order valence-corrected chi connectivity index (χ0v) is 24.6. The fourth-order valence-electron chi connectivity index (χ4n) is 5.32. The van der Waals surface area contributed by atoms with Crippen LogP contribution in [-0.2, 0) is 0 Å². The van der Waals surface area contributed by atoms with Gasteiger partial charge in [-0.2, -0.15) is 4.98 Å². The van der Waals surface area contributed by atoms with Gasteiger partial charge in [0.05, 0.1) is 5.69 Å². The van der Waals surface area contributed by atoms with E-state index in [1.807, 2.05) is 13.8 Å². The number of fused-ring (bicyclic) bond motifs is 1. The number of aromatic nitrogens is 3. The van der Waals surface area contributed by atoms with E-state index in [4.69, 9.17) is 5.73 Å². The highest BCUT2D eigenvalue weighted by Crippen LogP contribution is 2.31. The van der Waals surface area contributed by atoms with E-state index >= 15 is 0 Å². The molecule has 2 heterocycles. The summed E-state index contributed by atoms with van der Waals surface area (Å²) in [6.07, 6.45) is 13.9. The van der Waals surface area contributed by atoms with E-state index in [1.165, 1.54) is 69.4 Å². The number of benzene rings is 1. The highest BCUT2D eigenvalue weighted by Gasteiger charge is 2.18. The van der Waals surface area contributed by atoms with E-state index in [1.54, 1.807) is 29.0 Å². The Morgan fingerprint density at radius 1 is 1.13 bits per heavy atom. The highest BCUT2D eigenvalue weighted by atomic mass is 32.2. The first kappa shape index (κ1) is 29.3. The number of hydrogen-bond acceptors (Lipinski definition) is 7. The number of nitrogens with zero attached hydrogens (tertiary/aromatic N) is 4. The van der Waals surface area contributed by atoms with Crippen LogP contribution in [0.4, 0.5) is 16.0 Å². The van der Waals surface area contributed by atoms with Gasteiger partial charge >= 0.3 is 0 Å². The second-order valence-electron chi connectivity index (χ2n) is 11.3. The van der Waals surface area contributed by atoms with Crippen molar-refractivity contribution in [2.75, 3.05) is 30.3 Å². The monoisotopic (exact) mass is 554 g/mol. The topological polar surface area (TPSA) is 89.1 Å². The molecule has 0 saturated heterocycles. The summed E-state index contributed by atoms with van der Waals surface area (Å²) in [4.78, 5) is 23.8. The van der Waals surface area contributed by atoms with Crippen molar-refractivity contribution in [3.05, 3.63) is 46.6 Å². The molecule has 2 aromatic heterocycles. The van der Waals surface area contributed by atoms with Crippen LogP contribution in [0.3, 0.4) is 0 Å². The largest absolute Gasteiger partial charge is 0.368 e. The summed E-state index contributed by atoms with van der Waals surface area (Å²) in [5.41, 5.74) is 7.32. The SMILES string of the molecule is CC(C)n1c(=O)c(-c2ccc(NSCCC3CCC3)c(F)c2)cc2cnc(N)nc21.CN(C)C1CCCCC1. The Bertz CT molecular complexity index is 1300. The van der Waals surface area contributed by atoms with E-state index < -0.39 is 0 Å². The average molecular weight is 555 g/mol. The van der Waals surface area contributed by atoms with Crippen molar-refractivity contribution in [2.24, 2.45) is 5.92 Å². The number of nitrogen functional groups attached to an aromatic ring is 1. The van der Waals surface area contributed by atoms with E-state index in [0.717, 1.165) is 24.1 Å². The number of rotatable bonds is 8. The third-order valence-electron chi connectivity index (χ3n) is 7.93. The summed E-state index contributed by atoms with van der Waals surface area (Å²) >= 11 is 1.53. The standard InChI is InChI=1S/C22H26FN5OS.C8H17N/c1-13(2)28-20-16(12-25-22(24)26-20)10-17(21(28)29)15-6-7-19(18(23)11-15)27-30-9-8-14-4-3-5-14;1-9(2)8-6-4-3-5-7-8/h6-7,10-14,27H,3-5,8-9H2,1-2H3,(H2,24,25,26);8H,3-7H2,1-2H3. The quantitative estimate of drug-likeness (QED) is 0.231. The molecule has 5 rings (SSSR count). The molecule has 0 atom stereocenters. The molecule has 9 heteroatoms. The van der Waals surface area contributed by atoms with Gasteiger partial charge in [0.1, 0.15) is 11.5 Å². The molecule has 2 aliphatic carbocycles. The van der Waals surface area contributed by atoms with Crippen molar-refractivity contribution in [2.45, 2.75) is 83.7 Å². The van der Waals surface area contributed by atoms with Crippen LogP contribution in [-0.4, -0.2) is 45.3 Å². The summed E-state index contributed by atoms with van der Waals surface area (Å²) in [7, 11) is 4.38. The predicted octanol–water partition coefficient (Wildman–Crippen LogP) is 6.89. The summed E-state index contributed by atoms with van der Waals surface area (Å²) < 4.78 is 19.4. The zero-order chi connectivity index (χ0) is 27.9. The maximum Gasteiger partial charge on any atom is 0.260 e. The van der Waals surface area contributed by atoms with Gasteiger partial charge in [-0.1, -0.05) is 56.5 Å². The molecule has 3 N–H and O–H groups in total. The lowest BCUT2D eigenvalue weighted by atomic mass is 9.84. The average Bonchev–Trinajstić information content (AvgIpc) is 2.88. The fourth-order valence-corrected chi connectivity index (χ4v) is 6.19. The minimum Gasteiger partial charge on any atom is -0.368 e. The first-order chi connectivity index (χ1) is 18.7. The number of nitrogens with two attached hydrogens (primary N) is 1. The van der Waals surface area contributed by atoms with Crippen LogP contribution in [0.25, 0.3) is 22.2 Å². The lowest BCUT2D eigenvalue weighted by Crippen LogP contribution is -2.29. The minimum absolute atomic E-state index is 0.111. The molecule has 0 aliphatic heterocycles. The predicted molar refractivity (Wildman–Crippen MR) is 163 cm³/mol. The molecule has 0 radical (unpaired) electrons. The van der Waals surface area contributed by atoms with Gasteiger partial charge in [-0.3, -0.25) is 9.36 Å². The van der Waals surface area contributed by atoms with Gasteiger partial charge in [-0.15, -0.1) is 0 Å². The van der Waals surface area contributed by atoms with Gasteiger partial charge < -0.3 is 15.4 Å². The van der Waals surface area contributed by atoms with Crippen molar-refractivity contribution < 1.29 is 4.39 Å². The fraction of sp³-hybridized carbons (Fsp3) is 0.567. The van der Waals surface area contributed by atoms with Gasteiger partial charge in [-0.05, 0) is 76.9 Å². The Morgan fingerprint density at radius 2 is 1.87 bits per heavy atom. The molecule has 2 fully saturated rings. The summed E-state index contributed by atoms with van der Waals surface area (Å²) in [5, 5.41) is 0.682. The van der Waals surface area contributed by atoms with E-state index in [9.17, 15) is 9.18 Å².